The number of piperazine rings is 1. The lowest BCUT2D eigenvalue weighted by Gasteiger charge is -2.33. The number of Topliss-reactive ketones (excluding diaryl/α,β-unsaturated/α-hetero) is 1. The number of fused-ring (bicyclic) bond motifs is 1. The maximum atomic E-state index is 12.6. The smallest absolute Gasteiger partial charge is 0.227 e. The third-order valence-electron chi connectivity index (χ3n) is 5.17. The monoisotopic (exact) mass is 381 g/mol. The van der Waals surface area contributed by atoms with Crippen molar-refractivity contribution in [2.24, 2.45) is 0 Å². The summed E-state index contributed by atoms with van der Waals surface area (Å²) in [6.07, 6.45) is 2.97. The fraction of sp³-hybridized carbons (Fsp3) is 0.400. The number of aryl methyl sites for hydroxylation is 1. The second-order valence-corrected chi connectivity index (χ2v) is 6.95. The summed E-state index contributed by atoms with van der Waals surface area (Å²) >= 11 is 0. The lowest BCUT2D eigenvalue weighted by molar-refractivity contribution is -0.118. The number of carbonyl (C=O) groups excluding carboxylic acids is 2. The molecule has 1 aliphatic heterocycles. The van der Waals surface area contributed by atoms with E-state index in [1.54, 1.807) is 12.0 Å². The van der Waals surface area contributed by atoms with Crippen LogP contribution < -0.4 is 15.0 Å². The van der Waals surface area contributed by atoms with Crippen molar-refractivity contribution in [2.45, 2.75) is 19.3 Å². The fourth-order valence-corrected chi connectivity index (χ4v) is 3.58. The lowest BCUT2D eigenvalue weighted by Crippen LogP contribution is -2.46. The van der Waals surface area contributed by atoms with Crippen LogP contribution in [-0.4, -0.2) is 60.4 Å². The molecule has 146 valence electrons. The Labute approximate surface area is 163 Å². The van der Waals surface area contributed by atoms with Gasteiger partial charge >= 0.3 is 0 Å². The highest BCUT2D eigenvalue weighted by atomic mass is 16.5. The molecular weight excluding hydrogens is 358 g/mol. The van der Waals surface area contributed by atoms with E-state index in [1.807, 2.05) is 24.3 Å². The number of benzene rings is 1. The lowest BCUT2D eigenvalue weighted by atomic mass is 9.95. The molecule has 2 aromatic rings. The maximum absolute atomic E-state index is 12.6. The molecule has 1 amide bonds. The SMILES string of the molecule is COc1ccc(Nc2nc(N3CCN(C=O)CC3)nc3c2C(=O)CCC3)cc1. The van der Waals surface area contributed by atoms with E-state index in [2.05, 4.69) is 10.2 Å². The molecule has 0 bridgehead atoms. The van der Waals surface area contributed by atoms with Crippen LogP contribution in [0.2, 0.25) is 0 Å². The van der Waals surface area contributed by atoms with Crippen LogP contribution in [0.25, 0.3) is 0 Å². The molecule has 28 heavy (non-hydrogen) atoms. The molecule has 0 spiro atoms. The van der Waals surface area contributed by atoms with Crippen molar-refractivity contribution in [3.63, 3.8) is 0 Å². The van der Waals surface area contributed by atoms with E-state index in [0.717, 1.165) is 36.4 Å². The second-order valence-electron chi connectivity index (χ2n) is 6.95. The van der Waals surface area contributed by atoms with Gasteiger partial charge in [-0.15, -0.1) is 0 Å². The van der Waals surface area contributed by atoms with E-state index < -0.39 is 0 Å². The van der Waals surface area contributed by atoms with Gasteiger partial charge in [0.15, 0.2) is 5.78 Å². The summed E-state index contributed by atoms with van der Waals surface area (Å²) in [5, 5.41) is 3.29. The standard InChI is InChI=1S/C20H23N5O3/c1-28-15-7-5-14(6-8-15)21-19-18-16(3-2-4-17(18)27)22-20(23-19)25-11-9-24(13-26)10-12-25/h5-8,13H,2-4,9-12H2,1H3,(H,21,22,23). The average molecular weight is 381 g/mol. The first-order chi connectivity index (χ1) is 13.7. The number of amides is 1. The number of ketones is 1. The van der Waals surface area contributed by atoms with Gasteiger partial charge in [0.05, 0.1) is 18.4 Å². The third-order valence-corrected chi connectivity index (χ3v) is 5.17. The first-order valence-electron chi connectivity index (χ1n) is 9.47. The Kier molecular flexibility index (Phi) is 5.10. The summed E-state index contributed by atoms with van der Waals surface area (Å²) < 4.78 is 5.20. The molecule has 1 aromatic heterocycles. The minimum Gasteiger partial charge on any atom is -0.497 e. The van der Waals surface area contributed by atoms with Crippen LogP contribution >= 0.6 is 0 Å². The van der Waals surface area contributed by atoms with Gasteiger partial charge in [0.1, 0.15) is 11.6 Å². The molecule has 2 heterocycles. The van der Waals surface area contributed by atoms with Crippen LogP contribution in [-0.2, 0) is 11.2 Å². The van der Waals surface area contributed by atoms with Gasteiger partial charge in [-0.25, -0.2) is 4.98 Å². The Hall–Kier alpha value is -3.16. The van der Waals surface area contributed by atoms with E-state index in [-0.39, 0.29) is 5.78 Å². The highest BCUT2D eigenvalue weighted by Gasteiger charge is 2.27. The zero-order valence-corrected chi connectivity index (χ0v) is 15.9. The van der Waals surface area contributed by atoms with E-state index in [4.69, 9.17) is 14.7 Å². The number of aromatic nitrogens is 2. The summed E-state index contributed by atoms with van der Waals surface area (Å²) in [6, 6.07) is 7.50. The van der Waals surface area contributed by atoms with Crippen LogP contribution in [0.15, 0.2) is 24.3 Å². The Morgan fingerprint density at radius 1 is 1.07 bits per heavy atom. The molecular formula is C20H23N5O3. The molecule has 8 heteroatoms. The molecule has 4 rings (SSSR count). The predicted octanol–water partition coefficient (Wildman–Crippen LogP) is 2.03. The highest BCUT2D eigenvalue weighted by Crippen LogP contribution is 2.30. The number of hydrogen-bond acceptors (Lipinski definition) is 7. The van der Waals surface area contributed by atoms with E-state index in [9.17, 15) is 9.59 Å². The number of hydrogen-bond donors (Lipinski definition) is 1. The van der Waals surface area contributed by atoms with Crippen molar-refractivity contribution >= 4 is 29.6 Å². The number of rotatable bonds is 5. The molecule has 1 saturated heterocycles. The Balaban J connectivity index is 1.66. The van der Waals surface area contributed by atoms with Crippen molar-refractivity contribution < 1.29 is 14.3 Å². The van der Waals surface area contributed by atoms with Crippen molar-refractivity contribution in [2.75, 3.05) is 43.5 Å². The molecule has 1 N–H and O–H groups in total. The highest BCUT2D eigenvalue weighted by molar-refractivity contribution is 6.03. The molecule has 1 aromatic carbocycles. The number of anilines is 3. The van der Waals surface area contributed by atoms with Crippen molar-refractivity contribution in [1.29, 1.82) is 0 Å². The van der Waals surface area contributed by atoms with Crippen molar-refractivity contribution in [3.8, 4) is 5.75 Å². The maximum Gasteiger partial charge on any atom is 0.227 e. The normalized spacial score (nSPS) is 16.5. The van der Waals surface area contributed by atoms with Crippen molar-refractivity contribution in [1.82, 2.24) is 14.9 Å². The summed E-state index contributed by atoms with van der Waals surface area (Å²) in [7, 11) is 1.62. The number of ether oxygens (including phenoxy) is 1. The summed E-state index contributed by atoms with van der Waals surface area (Å²) in [4.78, 5) is 36.7. The van der Waals surface area contributed by atoms with Crippen LogP contribution in [0.3, 0.4) is 0 Å². The zero-order valence-electron chi connectivity index (χ0n) is 15.9. The predicted molar refractivity (Wildman–Crippen MR) is 105 cm³/mol. The Morgan fingerprint density at radius 2 is 1.82 bits per heavy atom. The Bertz CT molecular complexity index is 876. The van der Waals surface area contributed by atoms with Crippen LogP contribution in [0.1, 0.15) is 28.9 Å². The van der Waals surface area contributed by atoms with Gasteiger partial charge in [0, 0.05) is 38.3 Å². The third kappa shape index (κ3) is 3.62. The van der Waals surface area contributed by atoms with Gasteiger partial charge in [-0.05, 0) is 37.1 Å². The van der Waals surface area contributed by atoms with Crippen LogP contribution in [0.5, 0.6) is 5.75 Å². The van der Waals surface area contributed by atoms with E-state index in [1.165, 1.54) is 0 Å². The largest absolute Gasteiger partial charge is 0.497 e. The molecule has 1 fully saturated rings. The van der Waals surface area contributed by atoms with Gasteiger partial charge in [-0.2, -0.15) is 4.98 Å². The van der Waals surface area contributed by atoms with Crippen molar-refractivity contribution in [3.05, 3.63) is 35.5 Å². The molecule has 0 unspecified atom stereocenters. The molecule has 1 aliphatic carbocycles. The zero-order chi connectivity index (χ0) is 19.5. The minimum atomic E-state index is 0.0783. The average Bonchev–Trinajstić information content (AvgIpc) is 2.74. The molecule has 0 atom stereocenters. The topological polar surface area (TPSA) is 87.7 Å². The van der Waals surface area contributed by atoms with Crippen LogP contribution in [0.4, 0.5) is 17.5 Å². The van der Waals surface area contributed by atoms with E-state index in [0.29, 0.717) is 49.9 Å². The van der Waals surface area contributed by atoms with E-state index >= 15 is 0 Å². The summed E-state index contributed by atoms with van der Waals surface area (Å²) in [6.45, 7) is 2.63. The molecule has 2 aliphatic rings. The van der Waals surface area contributed by atoms with Crippen LogP contribution in [0, 0.1) is 0 Å². The number of nitrogens with zero attached hydrogens (tertiary/aromatic N) is 4. The first-order valence-corrected chi connectivity index (χ1v) is 9.47. The van der Waals surface area contributed by atoms with Gasteiger partial charge in [0.2, 0.25) is 12.4 Å². The summed E-state index contributed by atoms with van der Waals surface area (Å²) in [5.41, 5.74) is 2.23. The van der Waals surface area contributed by atoms with Gasteiger partial charge in [-0.1, -0.05) is 0 Å². The second kappa shape index (κ2) is 7.84. The molecule has 8 nitrogen and oxygen atoms in total. The fourth-order valence-electron chi connectivity index (χ4n) is 3.58. The van der Waals surface area contributed by atoms with Gasteiger partial charge in [-0.3, -0.25) is 9.59 Å². The molecule has 0 saturated carbocycles. The first kappa shape index (κ1) is 18.2. The molecule has 0 radical (unpaired) electrons. The number of carbonyl (C=O) groups is 2. The number of methoxy groups -OCH3 is 1. The Morgan fingerprint density at radius 3 is 2.50 bits per heavy atom. The van der Waals surface area contributed by atoms with Gasteiger partial charge < -0.3 is 19.9 Å². The quantitative estimate of drug-likeness (QED) is 0.793. The minimum absolute atomic E-state index is 0.0783. The van der Waals surface area contributed by atoms with Gasteiger partial charge in [0.25, 0.3) is 0 Å². The number of nitrogens with one attached hydrogen (secondary N) is 1. The summed E-state index contributed by atoms with van der Waals surface area (Å²) in [5.74, 6) is 2.00.